The van der Waals surface area contributed by atoms with Crippen molar-refractivity contribution in [3.63, 3.8) is 0 Å². The number of carbonyl (C=O) groups excluding carboxylic acids is 2. The SMILES string of the molecule is Cc1ccc(S(=O)(=O)Nc2ccc3c(c2)C(=O)N(C)[C@H]2CC[C@@H](CC(=O)NCCc4ccncc4)O[C@H]2CO3)cc1. The molecule has 5 rings (SSSR count). The summed E-state index contributed by atoms with van der Waals surface area (Å²) in [4.78, 5) is 31.8. The Morgan fingerprint density at radius 3 is 2.59 bits per heavy atom. The fraction of sp³-hybridized carbons (Fsp3) is 0.367. The predicted octanol–water partition coefficient (Wildman–Crippen LogP) is 3.32. The van der Waals surface area contributed by atoms with Crippen LogP contribution in [0, 0.1) is 6.92 Å². The van der Waals surface area contributed by atoms with E-state index in [1.54, 1.807) is 48.6 Å². The summed E-state index contributed by atoms with van der Waals surface area (Å²) in [5, 5.41) is 2.95. The highest BCUT2D eigenvalue weighted by atomic mass is 32.2. The van der Waals surface area contributed by atoms with Crippen LogP contribution < -0.4 is 14.8 Å². The smallest absolute Gasteiger partial charge is 0.261 e. The topological polar surface area (TPSA) is 127 Å². The summed E-state index contributed by atoms with van der Waals surface area (Å²) in [7, 11) is -2.11. The largest absolute Gasteiger partial charge is 0.490 e. The van der Waals surface area contributed by atoms with Gasteiger partial charge in [0.25, 0.3) is 15.9 Å². The van der Waals surface area contributed by atoms with Crippen molar-refractivity contribution < 1.29 is 27.5 Å². The van der Waals surface area contributed by atoms with Crippen molar-refractivity contribution in [2.24, 2.45) is 0 Å². The molecule has 41 heavy (non-hydrogen) atoms. The van der Waals surface area contributed by atoms with Crippen molar-refractivity contribution in [2.75, 3.05) is 24.9 Å². The Hall–Kier alpha value is -3.96. The number of nitrogens with one attached hydrogen (secondary N) is 2. The Morgan fingerprint density at radius 1 is 1.07 bits per heavy atom. The third-order valence-corrected chi connectivity index (χ3v) is 8.89. The van der Waals surface area contributed by atoms with Crippen LogP contribution in [0.3, 0.4) is 0 Å². The summed E-state index contributed by atoms with van der Waals surface area (Å²) in [6, 6.07) is 14.8. The summed E-state index contributed by atoms with van der Waals surface area (Å²) in [6.07, 6.45) is 5.01. The highest BCUT2D eigenvalue weighted by molar-refractivity contribution is 7.92. The number of ether oxygens (including phenoxy) is 2. The minimum Gasteiger partial charge on any atom is -0.490 e. The van der Waals surface area contributed by atoms with Gasteiger partial charge in [0.1, 0.15) is 18.5 Å². The first-order chi connectivity index (χ1) is 19.7. The first-order valence-corrected chi connectivity index (χ1v) is 15.1. The zero-order valence-corrected chi connectivity index (χ0v) is 23.9. The molecule has 2 aromatic carbocycles. The lowest BCUT2D eigenvalue weighted by Gasteiger charge is -2.42. The lowest BCUT2D eigenvalue weighted by Crippen LogP contribution is -2.54. The van der Waals surface area contributed by atoms with Gasteiger partial charge < -0.3 is 19.7 Å². The molecule has 2 N–H and O–H groups in total. The second kappa shape index (κ2) is 12.3. The Balaban J connectivity index is 1.21. The van der Waals surface area contributed by atoms with Crippen LogP contribution in [-0.2, 0) is 26.0 Å². The minimum atomic E-state index is -3.83. The van der Waals surface area contributed by atoms with Crippen LogP contribution in [0.5, 0.6) is 5.75 Å². The van der Waals surface area contributed by atoms with Crippen molar-refractivity contribution in [3.8, 4) is 5.75 Å². The van der Waals surface area contributed by atoms with Crippen molar-refractivity contribution in [1.82, 2.24) is 15.2 Å². The number of aryl methyl sites for hydroxylation is 1. The van der Waals surface area contributed by atoms with E-state index in [-0.39, 0.29) is 53.1 Å². The number of carbonyl (C=O) groups is 2. The monoisotopic (exact) mass is 578 g/mol. The fourth-order valence-corrected chi connectivity index (χ4v) is 6.25. The van der Waals surface area contributed by atoms with Gasteiger partial charge in [-0.2, -0.15) is 0 Å². The first kappa shape index (κ1) is 28.6. The number of aromatic nitrogens is 1. The summed E-state index contributed by atoms with van der Waals surface area (Å²) in [6.45, 7) is 2.61. The Bertz CT molecular complexity index is 1500. The van der Waals surface area contributed by atoms with E-state index in [2.05, 4.69) is 15.0 Å². The van der Waals surface area contributed by atoms with Gasteiger partial charge >= 0.3 is 0 Å². The van der Waals surface area contributed by atoms with E-state index in [0.29, 0.717) is 25.1 Å². The van der Waals surface area contributed by atoms with Crippen LogP contribution in [0.15, 0.2) is 71.9 Å². The van der Waals surface area contributed by atoms with Crippen LogP contribution >= 0.6 is 0 Å². The van der Waals surface area contributed by atoms with E-state index in [1.165, 1.54) is 18.2 Å². The molecule has 2 aliphatic heterocycles. The zero-order valence-electron chi connectivity index (χ0n) is 23.1. The number of hydrogen-bond donors (Lipinski definition) is 2. The average molecular weight is 579 g/mol. The molecule has 10 nitrogen and oxygen atoms in total. The highest BCUT2D eigenvalue weighted by Gasteiger charge is 2.39. The predicted molar refractivity (Wildman–Crippen MR) is 153 cm³/mol. The fourth-order valence-electron chi connectivity index (χ4n) is 5.20. The molecule has 2 aliphatic rings. The molecule has 0 unspecified atom stereocenters. The maximum Gasteiger partial charge on any atom is 0.261 e. The van der Waals surface area contributed by atoms with Gasteiger partial charge in [0.15, 0.2) is 0 Å². The van der Waals surface area contributed by atoms with Crippen LogP contribution in [0.25, 0.3) is 0 Å². The van der Waals surface area contributed by atoms with Crippen LogP contribution in [0.1, 0.15) is 40.7 Å². The van der Waals surface area contributed by atoms with Gasteiger partial charge in [-0.1, -0.05) is 17.7 Å². The number of benzene rings is 2. The molecular formula is C30H34N4O6S. The lowest BCUT2D eigenvalue weighted by atomic mass is 9.94. The minimum absolute atomic E-state index is 0.0790. The maximum atomic E-state index is 13.5. The molecule has 1 aromatic heterocycles. The number of sulfonamides is 1. The number of amides is 2. The zero-order chi connectivity index (χ0) is 29.0. The highest BCUT2D eigenvalue weighted by Crippen LogP contribution is 2.33. The Kier molecular flexibility index (Phi) is 8.55. The van der Waals surface area contributed by atoms with E-state index in [4.69, 9.17) is 9.47 Å². The third-order valence-electron chi connectivity index (χ3n) is 7.49. The summed E-state index contributed by atoms with van der Waals surface area (Å²) >= 11 is 0. The number of nitrogens with zero attached hydrogens (tertiary/aromatic N) is 2. The molecule has 0 radical (unpaired) electrons. The second-order valence-corrected chi connectivity index (χ2v) is 12.1. The van der Waals surface area contributed by atoms with Crippen molar-refractivity contribution in [3.05, 3.63) is 83.7 Å². The second-order valence-electron chi connectivity index (χ2n) is 10.5. The third kappa shape index (κ3) is 6.86. The molecule has 11 heteroatoms. The lowest BCUT2D eigenvalue weighted by molar-refractivity contribution is -0.134. The summed E-state index contributed by atoms with van der Waals surface area (Å²) in [5.74, 6) is -0.0233. The van der Waals surface area contributed by atoms with Gasteiger partial charge in [-0.3, -0.25) is 19.3 Å². The normalized spacial score (nSPS) is 20.6. The van der Waals surface area contributed by atoms with E-state index < -0.39 is 16.1 Å². The molecule has 3 atom stereocenters. The molecule has 216 valence electrons. The molecular weight excluding hydrogens is 544 g/mol. The number of fused-ring (bicyclic) bond motifs is 2. The average Bonchev–Trinajstić information content (AvgIpc) is 2.96. The van der Waals surface area contributed by atoms with Crippen molar-refractivity contribution in [2.45, 2.75) is 55.8 Å². The molecule has 0 saturated carbocycles. The van der Waals surface area contributed by atoms with Gasteiger partial charge in [-0.25, -0.2) is 8.42 Å². The van der Waals surface area contributed by atoms with Gasteiger partial charge in [0.05, 0.1) is 29.0 Å². The molecule has 3 aromatic rings. The molecule has 1 saturated heterocycles. The number of pyridine rings is 1. The maximum absolute atomic E-state index is 13.5. The molecule has 2 amide bonds. The number of likely N-dealkylation sites (N-methyl/N-ethyl adjacent to an activating group) is 1. The van der Waals surface area contributed by atoms with E-state index in [0.717, 1.165) is 17.5 Å². The van der Waals surface area contributed by atoms with Gasteiger partial charge in [-0.05, 0) is 74.2 Å². The van der Waals surface area contributed by atoms with Crippen LogP contribution in [0.4, 0.5) is 5.69 Å². The molecule has 0 aliphatic carbocycles. The van der Waals surface area contributed by atoms with E-state index in [1.807, 2.05) is 19.1 Å². The number of rotatable bonds is 8. The van der Waals surface area contributed by atoms with Crippen LogP contribution in [0.2, 0.25) is 0 Å². The standard InChI is InChI=1S/C30H34N4O6S/c1-20-3-7-24(8-4-20)41(37,38)33-22-5-10-27-25(17-22)30(36)34(2)26-9-6-23(40-28(26)19-39-27)18-29(35)32-16-13-21-11-14-31-15-12-21/h3-5,7-8,10-12,14-15,17,23,26,28,33H,6,9,13,16,18-19H2,1-2H3,(H,32,35)/t23-,26-,28-/m0/s1. The molecule has 3 heterocycles. The number of hydrogen-bond acceptors (Lipinski definition) is 7. The molecule has 0 spiro atoms. The summed E-state index contributed by atoms with van der Waals surface area (Å²) < 4.78 is 40.6. The molecule has 1 fully saturated rings. The molecule has 0 bridgehead atoms. The quantitative estimate of drug-likeness (QED) is 0.420. The first-order valence-electron chi connectivity index (χ1n) is 13.6. The summed E-state index contributed by atoms with van der Waals surface area (Å²) in [5.41, 5.74) is 2.59. The van der Waals surface area contributed by atoms with Gasteiger partial charge in [0, 0.05) is 31.7 Å². The van der Waals surface area contributed by atoms with E-state index in [9.17, 15) is 18.0 Å². The van der Waals surface area contributed by atoms with Crippen LogP contribution in [-0.4, -0.2) is 68.6 Å². The Morgan fingerprint density at radius 2 is 1.83 bits per heavy atom. The van der Waals surface area contributed by atoms with Gasteiger partial charge in [-0.15, -0.1) is 0 Å². The van der Waals surface area contributed by atoms with Gasteiger partial charge in [0.2, 0.25) is 5.91 Å². The van der Waals surface area contributed by atoms with Crippen molar-refractivity contribution >= 4 is 27.5 Å². The number of anilines is 1. The van der Waals surface area contributed by atoms with Crippen molar-refractivity contribution in [1.29, 1.82) is 0 Å². The Labute approximate surface area is 240 Å². The van der Waals surface area contributed by atoms with E-state index >= 15 is 0 Å².